The Morgan fingerprint density at radius 3 is 3.04 bits per heavy atom. The molecule has 0 spiro atoms. The lowest BCUT2D eigenvalue weighted by Gasteiger charge is -2.30. The van der Waals surface area contributed by atoms with Crippen LogP contribution < -0.4 is 15.5 Å². The number of amides is 2. The first-order valence-corrected chi connectivity index (χ1v) is 10.3. The van der Waals surface area contributed by atoms with Gasteiger partial charge in [-0.3, -0.25) is 14.5 Å². The van der Waals surface area contributed by atoms with Crippen molar-refractivity contribution < 1.29 is 14.0 Å². The van der Waals surface area contributed by atoms with E-state index in [0.29, 0.717) is 27.4 Å². The summed E-state index contributed by atoms with van der Waals surface area (Å²) in [6, 6.07) is 11.0. The highest BCUT2D eigenvalue weighted by Gasteiger charge is 2.30. The predicted octanol–water partition coefficient (Wildman–Crippen LogP) is 3.21. The number of benzene rings is 1. The van der Waals surface area contributed by atoms with Crippen molar-refractivity contribution in [3.8, 4) is 0 Å². The van der Waals surface area contributed by atoms with Gasteiger partial charge in [-0.1, -0.05) is 35.2 Å². The number of para-hydroxylation sites is 2. The average Bonchev–Trinajstić information content (AvgIpc) is 3.37. The fourth-order valence-corrected chi connectivity index (χ4v) is 4.71. The van der Waals surface area contributed by atoms with Crippen LogP contribution in [0.15, 0.2) is 51.4 Å². The van der Waals surface area contributed by atoms with E-state index < -0.39 is 5.25 Å². The van der Waals surface area contributed by atoms with Crippen molar-refractivity contribution in [2.45, 2.75) is 23.1 Å². The highest BCUT2D eigenvalue weighted by Crippen LogP contribution is 2.34. The van der Waals surface area contributed by atoms with Crippen molar-refractivity contribution in [1.82, 2.24) is 10.2 Å². The second-order valence-corrected chi connectivity index (χ2v) is 8.62. The molecule has 0 aliphatic carbocycles. The first-order valence-electron chi connectivity index (χ1n) is 8.57. The number of hydrogen-bond acceptors (Lipinski definition) is 8. The molecule has 0 saturated carbocycles. The van der Waals surface area contributed by atoms with Crippen molar-refractivity contribution in [3.05, 3.63) is 48.4 Å². The highest BCUT2D eigenvalue weighted by atomic mass is 32.2. The maximum Gasteiger partial charge on any atom is 0.244 e. The van der Waals surface area contributed by atoms with E-state index in [-0.39, 0.29) is 18.4 Å². The number of aromatic nitrogens is 2. The van der Waals surface area contributed by atoms with Gasteiger partial charge in [-0.05, 0) is 31.2 Å². The van der Waals surface area contributed by atoms with Gasteiger partial charge in [-0.15, -0.1) is 10.2 Å². The van der Waals surface area contributed by atoms with Gasteiger partial charge >= 0.3 is 0 Å². The molecule has 144 valence electrons. The molecule has 2 N–H and O–H groups in total. The van der Waals surface area contributed by atoms with Crippen LogP contribution in [0.1, 0.15) is 12.7 Å². The van der Waals surface area contributed by atoms with Gasteiger partial charge in [0, 0.05) is 0 Å². The number of furan rings is 1. The number of hydrogen-bond donors (Lipinski definition) is 2. The molecular weight excluding hydrogens is 398 g/mol. The monoisotopic (exact) mass is 415 g/mol. The van der Waals surface area contributed by atoms with Crippen molar-refractivity contribution in [2.75, 3.05) is 22.1 Å². The van der Waals surface area contributed by atoms with Crippen LogP contribution >= 0.6 is 23.1 Å². The molecule has 1 aliphatic heterocycles. The molecule has 1 aliphatic rings. The second-order valence-electron chi connectivity index (χ2n) is 6.06. The Hall–Kier alpha value is -2.85. The summed E-state index contributed by atoms with van der Waals surface area (Å²) in [7, 11) is 0. The standard InChI is InChI=1S/C18H17N5O3S2/c1-11(16(25)23-10-15(24)20-13-6-2-3-7-14(13)23)27-18-22-21-17(28-18)19-9-12-5-4-8-26-12/h2-8,11H,9-10H2,1H3,(H,19,21)(H,20,24). The van der Waals surface area contributed by atoms with Gasteiger partial charge in [-0.25, -0.2) is 0 Å². The number of anilines is 3. The molecule has 3 aromatic rings. The zero-order valence-corrected chi connectivity index (χ0v) is 16.5. The minimum Gasteiger partial charge on any atom is -0.467 e. The minimum atomic E-state index is -0.412. The number of carbonyl (C=O) groups is 2. The molecule has 10 heteroatoms. The number of nitrogens with one attached hydrogen (secondary N) is 2. The third kappa shape index (κ3) is 4.02. The van der Waals surface area contributed by atoms with Gasteiger partial charge < -0.3 is 15.1 Å². The largest absolute Gasteiger partial charge is 0.467 e. The molecule has 3 heterocycles. The third-order valence-electron chi connectivity index (χ3n) is 4.06. The summed E-state index contributed by atoms with van der Waals surface area (Å²) >= 11 is 2.70. The average molecular weight is 416 g/mol. The Kier molecular flexibility index (Phi) is 5.31. The van der Waals surface area contributed by atoms with Crippen molar-refractivity contribution in [1.29, 1.82) is 0 Å². The van der Waals surface area contributed by atoms with Crippen LogP contribution in [-0.4, -0.2) is 33.8 Å². The maximum absolute atomic E-state index is 13.0. The minimum absolute atomic E-state index is 0.00676. The lowest BCUT2D eigenvalue weighted by atomic mass is 10.2. The van der Waals surface area contributed by atoms with E-state index in [1.54, 1.807) is 19.3 Å². The Morgan fingerprint density at radius 2 is 2.21 bits per heavy atom. The number of rotatable bonds is 6. The van der Waals surface area contributed by atoms with Gasteiger partial charge in [0.05, 0.1) is 29.4 Å². The molecule has 2 amide bonds. The number of carbonyl (C=O) groups excluding carboxylic acids is 2. The molecule has 1 atom stereocenters. The number of nitrogens with zero attached hydrogens (tertiary/aromatic N) is 3. The molecule has 28 heavy (non-hydrogen) atoms. The maximum atomic E-state index is 13.0. The molecule has 0 saturated heterocycles. The summed E-state index contributed by atoms with van der Waals surface area (Å²) in [5.74, 6) is 0.451. The molecule has 1 aromatic carbocycles. The molecule has 2 aromatic heterocycles. The van der Waals surface area contributed by atoms with E-state index >= 15 is 0 Å². The number of thioether (sulfide) groups is 1. The molecule has 0 fully saturated rings. The van der Waals surface area contributed by atoms with E-state index in [0.717, 1.165) is 5.76 Å². The Bertz CT molecular complexity index is 989. The zero-order chi connectivity index (χ0) is 19.5. The van der Waals surface area contributed by atoms with Gasteiger partial charge in [0.1, 0.15) is 12.3 Å². The topological polar surface area (TPSA) is 100 Å². The summed E-state index contributed by atoms with van der Waals surface area (Å²) in [6.45, 7) is 2.33. The fourth-order valence-electron chi connectivity index (χ4n) is 2.76. The summed E-state index contributed by atoms with van der Waals surface area (Å²) in [6.07, 6.45) is 1.62. The molecule has 0 radical (unpaired) electrons. The van der Waals surface area contributed by atoms with E-state index in [9.17, 15) is 9.59 Å². The molecule has 1 unspecified atom stereocenters. The summed E-state index contributed by atoms with van der Waals surface area (Å²) in [5, 5.41) is 14.4. The van der Waals surface area contributed by atoms with Crippen molar-refractivity contribution in [3.63, 3.8) is 0 Å². The first kappa shape index (κ1) is 18.5. The number of fused-ring (bicyclic) bond motifs is 1. The second kappa shape index (κ2) is 8.03. The van der Waals surface area contributed by atoms with E-state index in [4.69, 9.17) is 4.42 Å². The van der Waals surface area contributed by atoms with Crippen molar-refractivity contribution >= 4 is 51.4 Å². The normalized spacial score (nSPS) is 14.3. The SMILES string of the molecule is CC(Sc1nnc(NCc2ccco2)s1)C(=O)N1CC(=O)Nc2ccccc21. The van der Waals surface area contributed by atoms with Crippen LogP contribution in [0, 0.1) is 0 Å². The van der Waals surface area contributed by atoms with Crippen LogP contribution in [0.5, 0.6) is 0 Å². The van der Waals surface area contributed by atoms with Crippen LogP contribution in [0.2, 0.25) is 0 Å². The Morgan fingerprint density at radius 1 is 1.36 bits per heavy atom. The highest BCUT2D eigenvalue weighted by molar-refractivity contribution is 8.02. The lowest BCUT2D eigenvalue weighted by Crippen LogP contribution is -2.45. The quantitative estimate of drug-likeness (QED) is 0.596. The molecule has 4 rings (SSSR count). The van der Waals surface area contributed by atoms with Crippen LogP contribution in [0.4, 0.5) is 16.5 Å². The van der Waals surface area contributed by atoms with Gasteiger partial charge in [0.15, 0.2) is 4.34 Å². The summed E-state index contributed by atoms with van der Waals surface area (Å²) < 4.78 is 5.95. The van der Waals surface area contributed by atoms with E-state index in [1.807, 2.05) is 30.3 Å². The Labute approximate surface area is 169 Å². The van der Waals surface area contributed by atoms with E-state index in [1.165, 1.54) is 28.0 Å². The smallest absolute Gasteiger partial charge is 0.244 e. The van der Waals surface area contributed by atoms with Gasteiger partial charge in [0.25, 0.3) is 0 Å². The van der Waals surface area contributed by atoms with Gasteiger partial charge in [-0.2, -0.15) is 0 Å². The predicted molar refractivity (Wildman–Crippen MR) is 109 cm³/mol. The molecular formula is C18H17N5O3S2. The van der Waals surface area contributed by atoms with Gasteiger partial charge in [0.2, 0.25) is 16.9 Å². The Balaban J connectivity index is 1.40. The zero-order valence-electron chi connectivity index (χ0n) is 14.9. The van der Waals surface area contributed by atoms with E-state index in [2.05, 4.69) is 20.8 Å². The van der Waals surface area contributed by atoms with Crippen LogP contribution in [0.3, 0.4) is 0 Å². The lowest BCUT2D eigenvalue weighted by molar-refractivity contribution is -0.121. The third-order valence-corrected chi connectivity index (χ3v) is 6.12. The molecule has 8 nitrogen and oxygen atoms in total. The van der Waals surface area contributed by atoms with Crippen molar-refractivity contribution in [2.24, 2.45) is 0 Å². The van der Waals surface area contributed by atoms with Crippen LogP contribution in [0.25, 0.3) is 0 Å². The fraction of sp³-hybridized carbons (Fsp3) is 0.222. The molecule has 0 bridgehead atoms. The first-order chi connectivity index (χ1) is 13.6. The summed E-state index contributed by atoms with van der Waals surface area (Å²) in [5.41, 5.74) is 1.35. The summed E-state index contributed by atoms with van der Waals surface area (Å²) in [4.78, 5) is 26.4. The van der Waals surface area contributed by atoms with Crippen LogP contribution in [-0.2, 0) is 16.1 Å².